The second-order valence-electron chi connectivity index (χ2n) is 5.49. The van der Waals surface area contributed by atoms with Gasteiger partial charge in [0, 0.05) is 13.2 Å². The fourth-order valence-electron chi connectivity index (χ4n) is 3.18. The molecule has 0 aromatic carbocycles. The Labute approximate surface area is 106 Å². The summed E-state index contributed by atoms with van der Waals surface area (Å²) in [5, 5.41) is 3.58. The maximum absolute atomic E-state index is 6.09. The van der Waals surface area contributed by atoms with E-state index in [1.54, 1.807) is 0 Å². The van der Waals surface area contributed by atoms with E-state index in [0.717, 1.165) is 31.5 Å². The van der Waals surface area contributed by atoms with E-state index in [1.165, 1.54) is 38.5 Å². The van der Waals surface area contributed by atoms with Gasteiger partial charge in [0.15, 0.2) is 0 Å². The van der Waals surface area contributed by atoms with Gasteiger partial charge >= 0.3 is 0 Å². The third-order valence-corrected chi connectivity index (χ3v) is 4.10. The highest BCUT2D eigenvalue weighted by atomic mass is 16.5. The van der Waals surface area contributed by atoms with Crippen molar-refractivity contribution in [2.45, 2.75) is 51.6 Å². The van der Waals surface area contributed by atoms with Crippen LogP contribution in [0.25, 0.3) is 0 Å². The summed E-state index contributed by atoms with van der Waals surface area (Å²) in [6.45, 7) is 5.51. The van der Waals surface area contributed by atoms with Crippen LogP contribution in [0, 0.1) is 11.8 Å². The third-order valence-electron chi connectivity index (χ3n) is 4.10. The van der Waals surface area contributed by atoms with E-state index in [1.807, 2.05) is 0 Å². The Hall–Kier alpha value is -0.340. The average molecular weight is 237 g/mol. The number of hydrogen-bond acceptors (Lipinski definition) is 2. The molecule has 0 spiro atoms. The summed E-state index contributed by atoms with van der Waals surface area (Å²) in [7, 11) is 0. The number of allylic oxidation sites excluding steroid dienone is 2. The molecule has 2 heteroatoms. The van der Waals surface area contributed by atoms with Crippen LogP contribution in [0.3, 0.4) is 0 Å². The number of rotatable bonds is 5. The van der Waals surface area contributed by atoms with Gasteiger partial charge in [0.2, 0.25) is 0 Å². The second kappa shape index (κ2) is 7.17. The van der Waals surface area contributed by atoms with Crippen LogP contribution in [0.2, 0.25) is 0 Å². The van der Waals surface area contributed by atoms with Crippen LogP contribution in [0.4, 0.5) is 0 Å². The fraction of sp³-hybridized carbons (Fsp3) is 0.867. The van der Waals surface area contributed by atoms with Gasteiger partial charge in [-0.05, 0) is 56.9 Å². The second-order valence-corrected chi connectivity index (χ2v) is 5.49. The lowest BCUT2D eigenvalue weighted by molar-refractivity contribution is -0.0617. The number of hydrogen-bond donors (Lipinski definition) is 1. The Kier molecular flexibility index (Phi) is 5.53. The van der Waals surface area contributed by atoms with Gasteiger partial charge < -0.3 is 10.1 Å². The summed E-state index contributed by atoms with van der Waals surface area (Å²) in [5.74, 6) is 1.51. The van der Waals surface area contributed by atoms with Crippen LogP contribution in [-0.2, 0) is 4.74 Å². The molecule has 0 bridgehead atoms. The summed E-state index contributed by atoms with van der Waals surface area (Å²) in [6.07, 6.45) is 12.8. The smallest absolute Gasteiger partial charge is 0.0646 e. The van der Waals surface area contributed by atoms with Crippen LogP contribution < -0.4 is 5.32 Å². The molecule has 2 nitrogen and oxygen atoms in total. The highest BCUT2D eigenvalue weighted by molar-refractivity contribution is 4.95. The van der Waals surface area contributed by atoms with Crippen molar-refractivity contribution in [3.05, 3.63) is 12.2 Å². The van der Waals surface area contributed by atoms with Gasteiger partial charge in [0.25, 0.3) is 0 Å². The minimum atomic E-state index is 0.512. The van der Waals surface area contributed by atoms with Gasteiger partial charge in [0.1, 0.15) is 0 Å². The Balaban J connectivity index is 1.84. The summed E-state index contributed by atoms with van der Waals surface area (Å²) in [5.41, 5.74) is 0. The number of ether oxygens (including phenoxy) is 1. The molecule has 0 radical (unpaired) electrons. The van der Waals surface area contributed by atoms with E-state index in [4.69, 9.17) is 4.74 Å². The molecule has 0 saturated carbocycles. The zero-order valence-corrected chi connectivity index (χ0v) is 11.2. The fourth-order valence-corrected chi connectivity index (χ4v) is 3.18. The molecule has 1 N–H and O–H groups in total. The average Bonchev–Trinajstić information content (AvgIpc) is 2.41. The van der Waals surface area contributed by atoms with E-state index in [0.29, 0.717) is 6.10 Å². The van der Waals surface area contributed by atoms with Crippen LogP contribution >= 0.6 is 0 Å². The summed E-state index contributed by atoms with van der Waals surface area (Å²) in [6, 6.07) is 0. The molecule has 0 aromatic heterocycles. The minimum Gasteiger partial charge on any atom is -0.378 e. The lowest BCUT2D eigenvalue weighted by atomic mass is 9.80. The molecular formula is C15H27NO. The van der Waals surface area contributed by atoms with Gasteiger partial charge in [0.05, 0.1) is 6.10 Å². The van der Waals surface area contributed by atoms with E-state index in [9.17, 15) is 0 Å². The summed E-state index contributed by atoms with van der Waals surface area (Å²) in [4.78, 5) is 0. The van der Waals surface area contributed by atoms with Crippen LogP contribution in [0.1, 0.15) is 45.4 Å². The predicted octanol–water partition coefficient (Wildman–Crippen LogP) is 3.14. The van der Waals surface area contributed by atoms with E-state index < -0.39 is 0 Å². The molecule has 98 valence electrons. The third kappa shape index (κ3) is 3.82. The maximum Gasteiger partial charge on any atom is 0.0646 e. The van der Waals surface area contributed by atoms with E-state index in [2.05, 4.69) is 24.4 Å². The standard InChI is InChI=1S/C15H27NO/c1-2-10-16-12-14-9-6-11-17-15(14)13-7-4-3-5-8-13/h3-4,13-16H,2,5-12H2,1H3. The van der Waals surface area contributed by atoms with Crippen molar-refractivity contribution in [2.75, 3.05) is 19.7 Å². The van der Waals surface area contributed by atoms with Crippen molar-refractivity contribution >= 4 is 0 Å². The number of nitrogens with one attached hydrogen (secondary N) is 1. The van der Waals surface area contributed by atoms with Gasteiger partial charge in [-0.15, -0.1) is 0 Å². The Morgan fingerprint density at radius 3 is 3.00 bits per heavy atom. The molecule has 1 fully saturated rings. The molecule has 0 amide bonds. The SMILES string of the molecule is CCCNCC1CCCOC1C1CC=CCC1. The largest absolute Gasteiger partial charge is 0.378 e. The predicted molar refractivity (Wildman–Crippen MR) is 72.1 cm³/mol. The molecule has 17 heavy (non-hydrogen) atoms. The summed E-state index contributed by atoms with van der Waals surface area (Å²) < 4.78 is 6.09. The molecule has 1 saturated heterocycles. The lowest BCUT2D eigenvalue weighted by Gasteiger charge is -2.38. The molecule has 3 atom stereocenters. The molecular weight excluding hydrogens is 210 g/mol. The first-order valence-electron chi connectivity index (χ1n) is 7.39. The normalized spacial score (nSPS) is 33.8. The van der Waals surface area contributed by atoms with Crippen molar-refractivity contribution in [3.8, 4) is 0 Å². The van der Waals surface area contributed by atoms with Gasteiger partial charge in [-0.25, -0.2) is 0 Å². The van der Waals surface area contributed by atoms with Crippen LogP contribution in [-0.4, -0.2) is 25.8 Å². The van der Waals surface area contributed by atoms with E-state index in [-0.39, 0.29) is 0 Å². The lowest BCUT2D eigenvalue weighted by Crippen LogP contribution is -2.41. The topological polar surface area (TPSA) is 21.3 Å². The van der Waals surface area contributed by atoms with Crippen LogP contribution in [0.5, 0.6) is 0 Å². The highest BCUT2D eigenvalue weighted by Crippen LogP contribution is 2.32. The minimum absolute atomic E-state index is 0.512. The van der Waals surface area contributed by atoms with Gasteiger partial charge in [-0.1, -0.05) is 19.1 Å². The molecule has 2 aliphatic rings. The van der Waals surface area contributed by atoms with Crippen molar-refractivity contribution < 1.29 is 4.74 Å². The Bertz CT molecular complexity index is 239. The maximum atomic E-state index is 6.09. The highest BCUT2D eigenvalue weighted by Gasteiger charge is 2.32. The molecule has 2 rings (SSSR count). The van der Waals surface area contributed by atoms with Crippen molar-refractivity contribution in [1.29, 1.82) is 0 Å². The van der Waals surface area contributed by atoms with Crippen molar-refractivity contribution in [1.82, 2.24) is 5.32 Å². The Morgan fingerprint density at radius 2 is 2.24 bits per heavy atom. The van der Waals surface area contributed by atoms with Gasteiger partial charge in [-0.3, -0.25) is 0 Å². The molecule has 1 heterocycles. The van der Waals surface area contributed by atoms with Crippen molar-refractivity contribution in [2.24, 2.45) is 11.8 Å². The first-order chi connectivity index (χ1) is 8.42. The zero-order valence-electron chi connectivity index (χ0n) is 11.2. The molecule has 1 aliphatic carbocycles. The molecule has 0 aromatic rings. The first-order valence-corrected chi connectivity index (χ1v) is 7.39. The quantitative estimate of drug-likeness (QED) is 0.586. The molecule has 3 unspecified atom stereocenters. The Morgan fingerprint density at radius 1 is 1.29 bits per heavy atom. The van der Waals surface area contributed by atoms with Gasteiger partial charge in [-0.2, -0.15) is 0 Å². The monoisotopic (exact) mass is 237 g/mol. The summed E-state index contributed by atoms with van der Waals surface area (Å²) >= 11 is 0. The zero-order chi connectivity index (χ0) is 11.9. The van der Waals surface area contributed by atoms with Crippen LogP contribution in [0.15, 0.2) is 12.2 Å². The van der Waals surface area contributed by atoms with Crippen molar-refractivity contribution in [3.63, 3.8) is 0 Å². The molecule has 1 aliphatic heterocycles. The first kappa shape index (κ1) is 13.1. The van der Waals surface area contributed by atoms with E-state index >= 15 is 0 Å².